The smallest absolute Gasteiger partial charge is 0.186 e. The normalized spacial score (nSPS) is 10.6. The molecule has 0 N–H and O–H groups in total. The van der Waals surface area contributed by atoms with Crippen LogP contribution in [0.25, 0.3) is 0 Å². The number of hydrogen-bond acceptors (Lipinski definition) is 3. The lowest BCUT2D eigenvalue weighted by Gasteiger charge is -2.09. The molecule has 0 fully saturated rings. The zero-order valence-corrected chi connectivity index (χ0v) is 13.2. The first-order valence-electron chi connectivity index (χ1n) is 6.53. The molecule has 0 saturated carbocycles. The summed E-state index contributed by atoms with van der Waals surface area (Å²) in [5, 5.41) is 4.23. The Bertz CT molecular complexity index is 608. The quantitative estimate of drug-likeness (QED) is 0.758. The molecule has 1 heterocycles. The summed E-state index contributed by atoms with van der Waals surface area (Å²) < 4.78 is 7.78. The molecule has 0 saturated heterocycles. The minimum absolute atomic E-state index is 0.0346. The fourth-order valence-corrected chi connectivity index (χ4v) is 2.64. The largest absolute Gasteiger partial charge is 0.496 e. The van der Waals surface area contributed by atoms with Crippen molar-refractivity contribution in [2.45, 2.75) is 26.3 Å². The van der Waals surface area contributed by atoms with Gasteiger partial charge in [0.15, 0.2) is 5.78 Å². The Kier molecular flexibility index (Phi) is 4.95. The maximum Gasteiger partial charge on any atom is 0.186 e. The molecule has 0 aliphatic carbocycles. The third-order valence-corrected chi connectivity index (χ3v) is 3.62. The van der Waals surface area contributed by atoms with Gasteiger partial charge in [0.25, 0.3) is 0 Å². The average Bonchev–Trinajstić information content (AvgIpc) is 2.81. The van der Waals surface area contributed by atoms with Crippen LogP contribution in [0.1, 0.15) is 29.4 Å². The molecule has 20 heavy (non-hydrogen) atoms. The number of carbonyl (C=O) groups is 1. The van der Waals surface area contributed by atoms with Gasteiger partial charge in [0.1, 0.15) is 11.4 Å². The van der Waals surface area contributed by atoms with Crippen LogP contribution in [0.2, 0.25) is 0 Å². The molecule has 0 aliphatic rings. The number of Topliss-reactive ketones (excluding diaryl/α,β-unsaturated/α-hetero) is 1. The third-order valence-electron chi connectivity index (χ3n) is 3.04. The van der Waals surface area contributed by atoms with E-state index in [9.17, 15) is 4.79 Å². The number of benzene rings is 1. The Balaban J connectivity index is 2.26. The molecule has 0 aliphatic heterocycles. The highest BCUT2D eigenvalue weighted by Gasteiger charge is 2.18. The number of rotatable bonds is 6. The summed E-state index contributed by atoms with van der Waals surface area (Å²) in [5.74, 6) is 0.769. The van der Waals surface area contributed by atoms with Gasteiger partial charge in [-0.15, -0.1) is 0 Å². The van der Waals surface area contributed by atoms with Crippen LogP contribution in [-0.4, -0.2) is 22.7 Å². The molecule has 0 radical (unpaired) electrons. The standard InChI is InChI=1S/C15H17BrN2O2/c1-3-8-18-15(12(16)10-17-18)13(19)9-11-6-4-5-7-14(11)20-2/h4-7,10H,3,8-9H2,1-2H3. The summed E-state index contributed by atoms with van der Waals surface area (Å²) >= 11 is 3.40. The van der Waals surface area contributed by atoms with Gasteiger partial charge >= 0.3 is 0 Å². The lowest BCUT2D eigenvalue weighted by Crippen LogP contribution is -2.13. The summed E-state index contributed by atoms with van der Waals surface area (Å²) in [4.78, 5) is 12.5. The second-order valence-electron chi connectivity index (χ2n) is 4.48. The van der Waals surface area contributed by atoms with Gasteiger partial charge in [0.05, 0.1) is 17.8 Å². The Hall–Kier alpha value is -1.62. The van der Waals surface area contributed by atoms with Crippen LogP contribution in [0.4, 0.5) is 0 Å². The van der Waals surface area contributed by atoms with Crippen molar-refractivity contribution in [2.24, 2.45) is 0 Å². The minimum atomic E-state index is 0.0346. The van der Waals surface area contributed by atoms with Crippen molar-refractivity contribution < 1.29 is 9.53 Å². The molecule has 4 nitrogen and oxygen atoms in total. The zero-order valence-electron chi connectivity index (χ0n) is 11.6. The minimum Gasteiger partial charge on any atom is -0.496 e. The number of halogens is 1. The van der Waals surface area contributed by atoms with Gasteiger partial charge in [-0.05, 0) is 28.4 Å². The topological polar surface area (TPSA) is 44.1 Å². The van der Waals surface area contributed by atoms with Crippen molar-refractivity contribution in [3.8, 4) is 5.75 Å². The Labute approximate surface area is 126 Å². The summed E-state index contributed by atoms with van der Waals surface area (Å²) in [6.07, 6.45) is 2.91. The molecule has 0 bridgehead atoms. The van der Waals surface area contributed by atoms with E-state index in [1.807, 2.05) is 24.3 Å². The number of hydrogen-bond donors (Lipinski definition) is 0. The van der Waals surface area contributed by atoms with Crippen molar-refractivity contribution in [1.29, 1.82) is 0 Å². The lowest BCUT2D eigenvalue weighted by atomic mass is 10.1. The van der Waals surface area contributed by atoms with E-state index in [2.05, 4.69) is 28.0 Å². The van der Waals surface area contributed by atoms with E-state index in [-0.39, 0.29) is 5.78 Å². The van der Waals surface area contributed by atoms with Gasteiger partial charge in [-0.3, -0.25) is 9.48 Å². The number of ether oxygens (including phenoxy) is 1. The van der Waals surface area contributed by atoms with E-state index in [0.717, 1.165) is 28.8 Å². The molecule has 0 spiro atoms. The number of para-hydroxylation sites is 1. The average molecular weight is 337 g/mol. The van der Waals surface area contributed by atoms with E-state index in [4.69, 9.17) is 4.74 Å². The number of aromatic nitrogens is 2. The van der Waals surface area contributed by atoms with Gasteiger partial charge < -0.3 is 4.74 Å². The number of carbonyl (C=O) groups excluding carboxylic acids is 1. The molecule has 1 aromatic heterocycles. The molecule has 0 unspecified atom stereocenters. The van der Waals surface area contributed by atoms with Crippen molar-refractivity contribution in [3.63, 3.8) is 0 Å². The number of ketones is 1. The lowest BCUT2D eigenvalue weighted by molar-refractivity contribution is 0.0980. The summed E-state index contributed by atoms with van der Waals surface area (Å²) in [6.45, 7) is 2.79. The molecule has 2 rings (SSSR count). The first-order valence-corrected chi connectivity index (χ1v) is 7.33. The molecular formula is C15H17BrN2O2. The zero-order chi connectivity index (χ0) is 14.5. The van der Waals surface area contributed by atoms with Gasteiger partial charge in [0, 0.05) is 18.5 Å². The highest BCUT2D eigenvalue weighted by molar-refractivity contribution is 9.10. The fraction of sp³-hybridized carbons (Fsp3) is 0.333. The van der Waals surface area contributed by atoms with Crippen molar-refractivity contribution >= 4 is 21.7 Å². The molecular weight excluding hydrogens is 320 g/mol. The summed E-state index contributed by atoms with van der Waals surface area (Å²) in [6, 6.07) is 7.57. The Morgan fingerprint density at radius 2 is 2.15 bits per heavy atom. The van der Waals surface area contributed by atoms with Crippen LogP contribution in [0.3, 0.4) is 0 Å². The van der Waals surface area contributed by atoms with Crippen molar-refractivity contribution in [3.05, 3.63) is 46.2 Å². The monoisotopic (exact) mass is 336 g/mol. The molecule has 106 valence electrons. The van der Waals surface area contributed by atoms with E-state index in [0.29, 0.717) is 12.1 Å². The SMILES string of the molecule is CCCn1ncc(Br)c1C(=O)Cc1ccccc1OC. The van der Waals surface area contributed by atoms with Gasteiger partial charge in [-0.2, -0.15) is 5.10 Å². The molecule has 0 atom stereocenters. The highest BCUT2D eigenvalue weighted by Crippen LogP contribution is 2.22. The maximum absolute atomic E-state index is 12.5. The maximum atomic E-state index is 12.5. The van der Waals surface area contributed by atoms with Crippen LogP contribution in [0.15, 0.2) is 34.9 Å². The Morgan fingerprint density at radius 3 is 2.85 bits per heavy atom. The number of nitrogens with zero attached hydrogens (tertiary/aromatic N) is 2. The van der Waals surface area contributed by atoms with Crippen LogP contribution in [0.5, 0.6) is 5.75 Å². The summed E-state index contributed by atoms with van der Waals surface area (Å²) in [7, 11) is 1.61. The van der Waals surface area contributed by atoms with E-state index < -0.39 is 0 Å². The van der Waals surface area contributed by atoms with Crippen LogP contribution in [0, 0.1) is 0 Å². The van der Waals surface area contributed by atoms with Gasteiger partial charge in [0.2, 0.25) is 0 Å². The highest BCUT2D eigenvalue weighted by atomic mass is 79.9. The number of aryl methyl sites for hydroxylation is 1. The van der Waals surface area contributed by atoms with Crippen molar-refractivity contribution in [1.82, 2.24) is 9.78 Å². The summed E-state index contributed by atoms with van der Waals surface area (Å²) in [5.41, 5.74) is 1.51. The molecule has 0 amide bonds. The molecule has 5 heteroatoms. The van der Waals surface area contributed by atoms with Crippen LogP contribution in [-0.2, 0) is 13.0 Å². The second-order valence-corrected chi connectivity index (χ2v) is 5.33. The van der Waals surface area contributed by atoms with E-state index in [1.54, 1.807) is 18.0 Å². The predicted octanol–water partition coefficient (Wildman–Crippen LogP) is 3.49. The van der Waals surface area contributed by atoms with Crippen LogP contribution < -0.4 is 4.74 Å². The second kappa shape index (κ2) is 6.70. The predicted molar refractivity (Wildman–Crippen MR) is 81.2 cm³/mol. The van der Waals surface area contributed by atoms with Crippen molar-refractivity contribution in [2.75, 3.05) is 7.11 Å². The van der Waals surface area contributed by atoms with Gasteiger partial charge in [-0.25, -0.2) is 0 Å². The Morgan fingerprint density at radius 1 is 1.40 bits per heavy atom. The van der Waals surface area contributed by atoms with E-state index >= 15 is 0 Å². The molecule has 2 aromatic rings. The first kappa shape index (κ1) is 14.8. The molecule has 1 aromatic carbocycles. The first-order chi connectivity index (χ1) is 9.67. The third kappa shape index (κ3) is 3.10. The van der Waals surface area contributed by atoms with Crippen LogP contribution >= 0.6 is 15.9 Å². The number of methoxy groups -OCH3 is 1. The van der Waals surface area contributed by atoms with E-state index in [1.165, 1.54) is 0 Å². The van der Waals surface area contributed by atoms with Gasteiger partial charge in [-0.1, -0.05) is 25.1 Å². The fourth-order valence-electron chi connectivity index (χ4n) is 2.13.